The van der Waals surface area contributed by atoms with E-state index in [2.05, 4.69) is 56.5 Å². The maximum Gasteiger partial charge on any atom is 0.264 e. The molecule has 3 aliphatic carbocycles. The lowest BCUT2D eigenvalue weighted by Gasteiger charge is -2.36. The molecule has 6 atom stereocenters. The third kappa shape index (κ3) is 16.0. The summed E-state index contributed by atoms with van der Waals surface area (Å²) in [6.45, 7) is 0. The average molecular weight is 1290 g/mol. The molecule has 0 spiro atoms. The van der Waals surface area contributed by atoms with Gasteiger partial charge in [0.25, 0.3) is 23.7 Å². The largest absolute Gasteiger partial charge is 0.399 e. The highest BCUT2D eigenvalue weighted by Gasteiger charge is 2.47. The molecule has 19 nitrogen and oxygen atoms in total. The Kier molecular flexibility index (Phi) is 20.6. The van der Waals surface area contributed by atoms with Gasteiger partial charge in [-0.1, -0.05) is 29.8 Å². The summed E-state index contributed by atoms with van der Waals surface area (Å²) in [5.41, 5.74) is 32.1. The van der Waals surface area contributed by atoms with Gasteiger partial charge in [-0.2, -0.15) is 10.5 Å². The molecular formula is C63H60ClF9N18O. The maximum atomic E-state index is 14.6. The van der Waals surface area contributed by atoms with Crippen molar-refractivity contribution < 1.29 is 44.3 Å². The van der Waals surface area contributed by atoms with Crippen LogP contribution in [0.2, 0.25) is 5.15 Å². The van der Waals surface area contributed by atoms with Crippen molar-refractivity contribution in [2.45, 2.75) is 112 Å². The second-order valence-corrected chi connectivity index (χ2v) is 22.3. The minimum Gasteiger partial charge on any atom is -0.399 e. The van der Waals surface area contributed by atoms with Crippen molar-refractivity contribution in [1.82, 2.24) is 29.9 Å². The number of amides is 1. The molecule has 0 aliphatic heterocycles. The number of nitrogen functional groups attached to an aromatic ring is 1. The summed E-state index contributed by atoms with van der Waals surface area (Å²) in [4.78, 5) is 36.5. The molecule has 1 amide bonds. The van der Waals surface area contributed by atoms with E-state index < -0.39 is 77.4 Å². The van der Waals surface area contributed by atoms with E-state index in [-0.39, 0.29) is 89.5 Å². The highest BCUT2D eigenvalue weighted by Crippen LogP contribution is 2.38. The molecule has 6 aromatic heterocycles. The zero-order valence-electron chi connectivity index (χ0n) is 48.6. The van der Waals surface area contributed by atoms with Gasteiger partial charge in [-0.05, 0) is 130 Å². The number of primary amides is 1. The number of alkyl halides is 6. The van der Waals surface area contributed by atoms with Gasteiger partial charge in [0.2, 0.25) is 0 Å². The lowest BCUT2D eigenvalue weighted by atomic mass is 9.87. The predicted molar refractivity (Wildman–Crippen MR) is 334 cm³/mol. The molecule has 6 heterocycles. The number of halogens is 10. The van der Waals surface area contributed by atoms with E-state index in [4.69, 9.17) is 45.5 Å². The average Bonchev–Trinajstić information content (AvgIpc) is 0.994. The molecule has 9 aromatic rings. The second-order valence-electron chi connectivity index (χ2n) is 22.0. The van der Waals surface area contributed by atoms with E-state index in [0.717, 1.165) is 56.6 Å². The van der Waals surface area contributed by atoms with E-state index in [1.54, 1.807) is 67.1 Å². The third-order valence-corrected chi connectivity index (χ3v) is 15.8. The van der Waals surface area contributed by atoms with Crippen LogP contribution in [0.15, 0.2) is 128 Å². The summed E-state index contributed by atoms with van der Waals surface area (Å²) in [5, 5.41) is 34.6. The summed E-state index contributed by atoms with van der Waals surface area (Å²) in [6.07, 6.45) is 6.14. The van der Waals surface area contributed by atoms with Gasteiger partial charge in [0, 0.05) is 89.2 Å². The SMILES string of the molecule is N#Cc1cc(F)c(N[C@@H]2CCCC(F)(F)[C@@H]2N)nc1Cl.N#Cc1cc(F)c(N[C@@H]2CCCC(F)(F)[C@@H]2N)nc1Nc1ccc2ncccc2c1.NC(=O)c1cc(F)c(N[C@@H]2CCCC(F)(F)[C@@H]2N)nc1Nc1ccc2ncccc2c1.Nc1ccc2ncccc2c1. The number of hydrogen-bond donors (Lipinski definition) is 10. The van der Waals surface area contributed by atoms with Crippen LogP contribution in [-0.2, 0) is 0 Å². The number of nitrogens with one attached hydrogen (secondary N) is 5. The Hall–Kier alpha value is -9.87. The Balaban J connectivity index is 0.000000153. The van der Waals surface area contributed by atoms with Gasteiger partial charge in [0.1, 0.15) is 23.1 Å². The normalized spacial score (nSPS) is 20.2. The highest BCUT2D eigenvalue weighted by molar-refractivity contribution is 6.30. The predicted octanol–water partition coefficient (Wildman–Crippen LogP) is 12.3. The number of hydrogen-bond acceptors (Lipinski definition) is 18. The molecule has 0 bridgehead atoms. The van der Waals surface area contributed by atoms with Gasteiger partial charge in [0.05, 0.1) is 51.4 Å². The van der Waals surface area contributed by atoms with Crippen LogP contribution in [0.25, 0.3) is 32.7 Å². The fraction of sp³-hybridized carbons (Fsp3) is 0.286. The molecule has 3 aromatic carbocycles. The lowest BCUT2D eigenvalue weighted by molar-refractivity contribution is -0.0559. The van der Waals surface area contributed by atoms with Crippen molar-refractivity contribution in [3.63, 3.8) is 0 Å². The van der Waals surface area contributed by atoms with Crippen LogP contribution < -0.4 is 55.3 Å². The van der Waals surface area contributed by atoms with Crippen LogP contribution in [0.1, 0.15) is 79.3 Å². The molecule has 12 rings (SSSR count). The van der Waals surface area contributed by atoms with Crippen LogP contribution in [0.3, 0.4) is 0 Å². The molecule has 3 fully saturated rings. The maximum absolute atomic E-state index is 14.6. The van der Waals surface area contributed by atoms with E-state index in [0.29, 0.717) is 30.6 Å². The molecule has 0 radical (unpaired) electrons. The Morgan fingerprint density at radius 2 is 0.891 bits per heavy atom. The van der Waals surface area contributed by atoms with Crippen LogP contribution in [0.5, 0.6) is 0 Å². The van der Waals surface area contributed by atoms with Gasteiger partial charge >= 0.3 is 0 Å². The first-order valence-corrected chi connectivity index (χ1v) is 29.1. The van der Waals surface area contributed by atoms with Gasteiger partial charge in [-0.15, -0.1) is 0 Å². The summed E-state index contributed by atoms with van der Waals surface area (Å²) in [7, 11) is 0. The number of nitriles is 2. The first-order chi connectivity index (χ1) is 43.8. The standard InChI is InChI=1S/C21H21F3N6O.C21H19F3N6.C12H12ClF3N4.C9H8N2/c22-14-10-13(18(26)31)19(28-12-5-6-15-11(9-12)3-2-8-27-15)30-20(14)29-16-4-1-7-21(23,24)17(16)25;22-15-10-13(11-25)19(28-14-5-6-16-12(9-14)3-2-8-27-16)30-20(15)29-17-4-1-7-21(23,24)18(17)26;13-10-6(5-17)4-7(14)11(20-10)19-8-2-1-3-12(15,16)9(8)18;10-8-3-4-9-7(6-8)2-1-5-11-9/h2-3,5-6,8-10,16-17H,1,4,7,25H2,(H2,26,31)(H2,28,29,30);2-3,5-6,8-10,17-18H,1,4,7,26H2,(H2,28,29,30);4,8-9H,1-3,18H2,(H,19,20);1-6H,10H2/t16-,17-;17-,18-;8-,9-;/m111./s1. The smallest absolute Gasteiger partial charge is 0.264 e. The fourth-order valence-corrected chi connectivity index (χ4v) is 10.8. The third-order valence-electron chi connectivity index (χ3n) is 15.6. The van der Waals surface area contributed by atoms with Gasteiger partial charge in [-0.3, -0.25) is 19.7 Å². The first kappa shape index (κ1) is 66.5. The van der Waals surface area contributed by atoms with Crippen LogP contribution in [-0.4, -0.2) is 89.8 Å². The minimum absolute atomic E-state index is 0.00391. The monoisotopic (exact) mass is 1290 g/mol. The Labute approximate surface area is 525 Å². The Morgan fingerprint density at radius 3 is 1.33 bits per heavy atom. The lowest BCUT2D eigenvalue weighted by Crippen LogP contribution is -2.55. The van der Waals surface area contributed by atoms with Gasteiger partial charge in [0.15, 0.2) is 40.7 Å². The van der Waals surface area contributed by atoms with E-state index >= 15 is 0 Å². The van der Waals surface area contributed by atoms with Gasteiger partial charge in [-0.25, -0.2) is 54.5 Å². The number of anilines is 8. The zero-order valence-corrected chi connectivity index (χ0v) is 49.4. The number of aromatic nitrogens is 6. The summed E-state index contributed by atoms with van der Waals surface area (Å²) in [5.74, 6) is -13.2. The fourth-order valence-electron chi connectivity index (χ4n) is 10.6. The zero-order chi connectivity index (χ0) is 66.1. The number of carbonyl (C=O) groups excluding carboxylic acids is 1. The number of nitrogens with zero attached hydrogens (tertiary/aromatic N) is 8. The van der Waals surface area contributed by atoms with Crippen molar-refractivity contribution in [3.8, 4) is 12.1 Å². The van der Waals surface area contributed by atoms with Crippen molar-refractivity contribution >= 4 is 96.4 Å². The van der Waals surface area contributed by atoms with Gasteiger partial charge < -0.3 is 55.3 Å². The van der Waals surface area contributed by atoms with E-state index in [1.807, 2.05) is 54.6 Å². The summed E-state index contributed by atoms with van der Waals surface area (Å²) in [6, 6.07) is 27.1. The number of carbonyl (C=O) groups is 1. The number of benzene rings is 3. The van der Waals surface area contributed by atoms with E-state index in [1.165, 1.54) is 0 Å². The van der Waals surface area contributed by atoms with Crippen molar-refractivity contribution in [2.75, 3.05) is 32.3 Å². The van der Waals surface area contributed by atoms with Crippen LogP contribution in [0, 0.1) is 40.1 Å². The molecule has 0 saturated heterocycles. The number of pyridine rings is 6. The second kappa shape index (κ2) is 28.5. The van der Waals surface area contributed by atoms with E-state index in [9.17, 15) is 49.6 Å². The van der Waals surface area contributed by atoms with Crippen molar-refractivity contribution in [2.24, 2.45) is 22.9 Å². The molecular weight excluding hydrogens is 1230 g/mol. The minimum atomic E-state index is -3.06. The molecule has 478 valence electrons. The van der Waals surface area contributed by atoms with Crippen molar-refractivity contribution in [1.29, 1.82) is 10.5 Å². The Bertz CT molecular complexity index is 4230. The summed E-state index contributed by atoms with van der Waals surface area (Å²) >= 11 is 5.69. The van der Waals surface area contributed by atoms with Crippen molar-refractivity contribution in [3.05, 3.63) is 167 Å². The molecule has 15 N–H and O–H groups in total. The molecule has 3 aliphatic rings. The topological polar surface area (TPSA) is 332 Å². The molecule has 29 heteroatoms. The Morgan fingerprint density at radius 1 is 0.511 bits per heavy atom. The van der Waals surface area contributed by atoms with Crippen LogP contribution in [0.4, 0.5) is 85.7 Å². The molecule has 3 saturated carbocycles. The number of nitrogens with two attached hydrogens (primary N) is 5. The highest BCUT2D eigenvalue weighted by atomic mass is 35.5. The molecule has 92 heavy (non-hydrogen) atoms. The molecule has 0 unspecified atom stereocenters. The number of rotatable bonds is 11. The first-order valence-electron chi connectivity index (χ1n) is 28.7. The summed E-state index contributed by atoms with van der Waals surface area (Å²) < 4.78 is 126. The number of fused-ring (bicyclic) bond motifs is 3. The quantitative estimate of drug-likeness (QED) is 0.0327. The van der Waals surface area contributed by atoms with Crippen LogP contribution >= 0.6 is 11.6 Å².